The van der Waals surface area contributed by atoms with E-state index in [0.29, 0.717) is 12.2 Å². The van der Waals surface area contributed by atoms with Crippen molar-refractivity contribution in [2.45, 2.75) is 13.5 Å². The largest absolute Gasteiger partial charge is 0.360 e. The number of fused-ring (bicyclic) bond motifs is 2. The molecule has 2 N–H and O–H groups in total. The zero-order valence-corrected chi connectivity index (χ0v) is 15.5. The van der Waals surface area contributed by atoms with E-state index in [1.165, 1.54) is 0 Å². The predicted octanol–water partition coefficient (Wildman–Crippen LogP) is 3.46. The Balaban J connectivity index is 1.60. The summed E-state index contributed by atoms with van der Waals surface area (Å²) in [7, 11) is 1.80. The zero-order valence-electron chi connectivity index (χ0n) is 15.5. The summed E-state index contributed by atoms with van der Waals surface area (Å²) in [6.07, 6.45) is 9.20. The van der Waals surface area contributed by atoms with Gasteiger partial charge in [-0.05, 0) is 36.2 Å². The Labute approximate surface area is 161 Å². The van der Waals surface area contributed by atoms with Gasteiger partial charge in [0.2, 0.25) is 0 Å². The summed E-state index contributed by atoms with van der Waals surface area (Å²) in [5.74, 6) is -0.226. The van der Waals surface area contributed by atoms with Crippen molar-refractivity contribution in [3.05, 3.63) is 65.4 Å². The third-order valence-corrected chi connectivity index (χ3v) is 5.01. The molecule has 28 heavy (non-hydrogen) atoms. The number of aliphatic imine (C=N–C) groups is 1. The SMILES string of the molecule is Cc1cn(C)nc1C(=O)Nc1cc(-c2cncc3[nH]ccc23)cc2c1C=NC2. The van der Waals surface area contributed by atoms with E-state index in [4.69, 9.17) is 0 Å². The number of benzene rings is 1. The van der Waals surface area contributed by atoms with Gasteiger partial charge in [-0.2, -0.15) is 5.10 Å². The first-order valence-corrected chi connectivity index (χ1v) is 9.00. The van der Waals surface area contributed by atoms with Crippen molar-refractivity contribution in [3.63, 3.8) is 0 Å². The summed E-state index contributed by atoms with van der Waals surface area (Å²) in [5.41, 5.74) is 7.00. The smallest absolute Gasteiger partial charge is 0.276 e. The quantitative estimate of drug-likeness (QED) is 0.579. The van der Waals surface area contributed by atoms with Gasteiger partial charge >= 0.3 is 0 Å². The van der Waals surface area contributed by atoms with Crippen molar-refractivity contribution in [1.29, 1.82) is 0 Å². The van der Waals surface area contributed by atoms with Gasteiger partial charge in [-0.15, -0.1) is 0 Å². The fourth-order valence-corrected chi connectivity index (χ4v) is 3.71. The van der Waals surface area contributed by atoms with Gasteiger partial charge in [-0.25, -0.2) is 0 Å². The number of hydrogen-bond donors (Lipinski definition) is 2. The molecular formula is C21H18N6O. The molecule has 0 aliphatic carbocycles. The van der Waals surface area contributed by atoms with Crippen molar-refractivity contribution < 1.29 is 4.79 Å². The first kappa shape index (κ1) is 16.4. The molecule has 4 aromatic rings. The lowest BCUT2D eigenvalue weighted by atomic mass is 9.97. The Morgan fingerprint density at radius 1 is 1.29 bits per heavy atom. The second kappa shape index (κ2) is 6.16. The predicted molar refractivity (Wildman–Crippen MR) is 109 cm³/mol. The van der Waals surface area contributed by atoms with Gasteiger partial charge in [0.25, 0.3) is 5.91 Å². The average Bonchev–Trinajstić information content (AvgIpc) is 3.40. The number of aromatic nitrogens is 4. The minimum Gasteiger partial charge on any atom is -0.360 e. The van der Waals surface area contributed by atoms with Crippen LogP contribution in [0.1, 0.15) is 27.2 Å². The number of rotatable bonds is 3. The summed E-state index contributed by atoms with van der Waals surface area (Å²) in [6.45, 7) is 2.48. The molecule has 0 saturated heterocycles. The van der Waals surface area contributed by atoms with Gasteiger partial charge in [0.15, 0.2) is 5.69 Å². The van der Waals surface area contributed by atoms with Crippen LogP contribution < -0.4 is 5.32 Å². The van der Waals surface area contributed by atoms with E-state index in [0.717, 1.165) is 44.4 Å². The first-order chi connectivity index (χ1) is 13.6. The molecule has 7 nitrogen and oxygen atoms in total. The third kappa shape index (κ3) is 2.60. The van der Waals surface area contributed by atoms with Crippen molar-refractivity contribution >= 4 is 28.7 Å². The highest BCUT2D eigenvalue weighted by molar-refractivity contribution is 6.08. The van der Waals surface area contributed by atoms with Crippen LogP contribution in [0.4, 0.5) is 5.69 Å². The van der Waals surface area contributed by atoms with Crippen LogP contribution in [0.3, 0.4) is 0 Å². The van der Waals surface area contributed by atoms with Gasteiger partial charge in [-0.1, -0.05) is 0 Å². The number of carbonyl (C=O) groups excluding carboxylic acids is 1. The summed E-state index contributed by atoms with van der Waals surface area (Å²) in [6, 6.07) is 6.13. The van der Waals surface area contributed by atoms with Crippen LogP contribution in [0.2, 0.25) is 0 Å². The molecule has 7 heteroatoms. The second-order valence-corrected chi connectivity index (χ2v) is 6.98. The van der Waals surface area contributed by atoms with Crippen LogP contribution in [0.5, 0.6) is 0 Å². The number of aromatic amines is 1. The number of aryl methyl sites for hydroxylation is 2. The lowest BCUT2D eigenvalue weighted by Crippen LogP contribution is -2.15. The number of nitrogens with zero attached hydrogens (tertiary/aromatic N) is 4. The summed E-state index contributed by atoms with van der Waals surface area (Å²) < 4.78 is 1.64. The molecule has 0 unspecified atom stereocenters. The number of pyridine rings is 1. The summed E-state index contributed by atoms with van der Waals surface area (Å²) in [4.78, 5) is 24.7. The van der Waals surface area contributed by atoms with E-state index in [1.807, 2.05) is 50.1 Å². The molecule has 0 atom stereocenters. The fraction of sp³-hybridized carbons (Fsp3) is 0.143. The van der Waals surface area contributed by atoms with Crippen LogP contribution in [-0.4, -0.2) is 31.9 Å². The number of nitrogens with one attached hydrogen (secondary N) is 2. The first-order valence-electron chi connectivity index (χ1n) is 9.00. The molecule has 1 aliphatic rings. The molecule has 1 amide bonds. The maximum absolute atomic E-state index is 12.8. The third-order valence-electron chi connectivity index (χ3n) is 5.01. The molecule has 3 aromatic heterocycles. The molecule has 1 aliphatic heterocycles. The Hall–Kier alpha value is -3.74. The van der Waals surface area contributed by atoms with E-state index in [-0.39, 0.29) is 5.91 Å². The van der Waals surface area contributed by atoms with Crippen LogP contribution in [0, 0.1) is 6.92 Å². The molecular weight excluding hydrogens is 352 g/mol. The van der Waals surface area contributed by atoms with E-state index in [1.54, 1.807) is 11.7 Å². The van der Waals surface area contributed by atoms with Crippen molar-refractivity contribution in [2.75, 3.05) is 5.32 Å². The van der Waals surface area contributed by atoms with Crippen LogP contribution in [0.15, 0.2) is 48.0 Å². The van der Waals surface area contributed by atoms with Crippen LogP contribution >= 0.6 is 0 Å². The minimum atomic E-state index is -0.226. The van der Waals surface area contributed by atoms with Gasteiger partial charge < -0.3 is 10.3 Å². The molecule has 138 valence electrons. The molecule has 4 heterocycles. The summed E-state index contributed by atoms with van der Waals surface area (Å²) in [5, 5.41) is 8.39. The summed E-state index contributed by atoms with van der Waals surface area (Å²) >= 11 is 0. The zero-order chi connectivity index (χ0) is 19.3. The van der Waals surface area contributed by atoms with E-state index in [2.05, 4.69) is 31.4 Å². The number of anilines is 1. The van der Waals surface area contributed by atoms with Crippen LogP contribution in [-0.2, 0) is 13.6 Å². The molecule has 0 saturated carbocycles. The Morgan fingerprint density at radius 2 is 2.18 bits per heavy atom. The average molecular weight is 370 g/mol. The molecule has 0 bridgehead atoms. The standard InChI is InChI=1S/C21H18N6O/c1-12-11-27(2)26-20(12)21(28)25-18-6-13(5-14-7-22-9-17(14)18)16-8-23-10-19-15(16)3-4-24-19/h3-6,8-11,24H,7H2,1-2H3,(H,25,28). The van der Waals surface area contributed by atoms with E-state index < -0.39 is 0 Å². The second-order valence-electron chi connectivity index (χ2n) is 6.98. The number of hydrogen-bond acceptors (Lipinski definition) is 4. The van der Waals surface area contributed by atoms with Crippen molar-refractivity contribution in [3.8, 4) is 11.1 Å². The molecule has 5 rings (SSSR count). The fourth-order valence-electron chi connectivity index (χ4n) is 3.71. The topological polar surface area (TPSA) is 88.0 Å². The maximum atomic E-state index is 12.8. The minimum absolute atomic E-state index is 0.226. The Bertz CT molecular complexity index is 1260. The van der Waals surface area contributed by atoms with Crippen molar-refractivity contribution in [1.82, 2.24) is 19.7 Å². The molecule has 0 fully saturated rings. The lowest BCUT2D eigenvalue weighted by Gasteiger charge is -2.13. The van der Waals surface area contributed by atoms with E-state index in [9.17, 15) is 4.79 Å². The Kier molecular flexibility index (Phi) is 3.61. The molecule has 0 spiro atoms. The highest BCUT2D eigenvalue weighted by Crippen LogP contribution is 2.34. The number of H-pyrrole nitrogens is 1. The Morgan fingerprint density at radius 3 is 3.00 bits per heavy atom. The highest BCUT2D eigenvalue weighted by atomic mass is 16.2. The lowest BCUT2D eigenvalue weighted by molar-refractivity contribution is 0.102. The normalized spacial score (nSPS) is 12.5. The van der Waals surface area contributed by atoms with Gasteiger partial charge in [0, 0.05) is 53.9 Å². The van der Waals surface area contributed by atoms with E-state index >= 15 is 0 Å². The molecule has 0 radical (unpaired) electrons. The van der Waals surface area contributed by atoms with Crippen LogP contribution in [0.25, 0.3) is 22.0 Å². The van der Waals surface area contributed by atoms with Gasteiger partial charge in [0.05, 0.1) is 23.9 Å². The van der Waals surface area contributed by atoms with Crippen molar-refractivity contribution in [2.24, 2.45) is 12.0 Å². The number of carbonyl (C=O) groups is 1. The number of amides is 1. The monoisotopic (exact) mass is 370 g/mol. The van der Waals surface area contributed by atoms with Gasteiger partial charge in [0.1, 0.15) is 0 Å². The highest BCUT2D eigenvalue weighted by Gasteiger charge is 2.19. The van der Waals surface area contributed by atoms with Gasteiger partial charge in [-0.3, -0.25) is 19.5 Å². The maximum Gasteiger partial charge on any atom is 0.276 e. The molecule has 1 aromatic carbocycles.